The van der Waals surface area contributed by atoms with Crippen LogP contribution in [0.2, 0.25) is 0 Å². The van der Waals surface area contributed by atoms with Gasteiger partial charge >= 0.3 is 0 Å². The van der Waals surface area contributed by atoms with Crippen molar-refractivity contribution in [1.29, 1.82) is 0 Å². The first-order valence-electron chi connectivity index (χ1n) is 10.8. The smallest absolute Gasteiger partial charge is 0.236 e. The van der Waals surface area contributed by atoms with Crippen LogP contribution < -0.4 is 4.90 Å². The molecular formula is C23H30FN5O. The van der Waals surface area contributed by atoms with Crippen molar-refractivity contribution < 1.29 is 9.18 Å². The molecule has 4 rings (SSSR count). The van der Waals surface area contributed by atoms with E-state index in [0.717, 1.165) is 68.7 Å². The van der Waals surface area contributed by atoms with Gasteiger partial charge in [-0.3, -0.25) is 9.69 Å². The highest BCUT2D eigenvalue weighted by Crippen LogP contribution is 2.34. The quantitative estimate of drug-likeness (QED) is 0.757. The standard InChI is InChI=1S/C23H30FN5O/c1-27(2)23-25-14-20(17-7-9-19(24)10-8-17)22(26-23)18-6-5-11-28(15-18)16-21(30)29-12-3-4-13-29/h7-10,14,18H,3-6,11-13,15-16H2,1-2H3/t18-/m0/s1. The summed E-state index contributed by atoms with van der Waals surface area (Å²) in [6, 6.07) is 6.51. The fourth-order valence-electron chi connectivity index (χ4n) is 4.44. The van der Waals surface area contributed by atoms with E-state index in [1.54, 1.807) is 12.1 Å². The second-order valence-electron chi connectivity index (χ2n) is 8.53. The molecule has 2 fully saturated rings. The van der Waals surface area contributed by atoms with Crippen molar-refractivity contribution in [3.8, 4) is 11.1 Å². The molecular weight excluding hydrogens is 381 g/mol. The van der Waals surface area contributed by atoms with Crippen LogP contribution in [-0.2, 0) is 4.79 Å². The fraction of sp³-hybridized carbons (Fsp3) is 0.522. The maximum Gasteiger partial charge on any atom is 0.236 e. The SMILES string of the molecule is CN(C)c1ncc(-c2ccc(F)cc2)c([C@H]2CCCN(CC(=O)N3CCCC3)C2)n1. The second kappa shape index (κ2) is 9.08. The third-order valence-corrected chi connectivity index (χ3v) is 6.07. The Hall–Kier alpha value is -2.54. The highest BCUT2D eigenvalue weighted by Gasteiger charge is 2.28. The Morgan fingerprint density at radius 3 is 2.57 bits per heavy atom. The summed E-state index contributed by atoms with van der Waals surface area (Å²) < 4.78 is 13.4. The van der Waals surface area contributed by atoms with Gasteiger partial charge in [-0.2, -0.15) is 0 Å². The minimum Gasteiger partial charge on any atom is -0.347 e. The third kappa shape index (κ3) is 4.61. The number of hydrogen-bond acceptors (Lipinski definition) is 5. The zero-order valence-electron chi connectivity index (χ0n) is 17.9. The number of piperidine rings is 1. The number of aromatic nitrogens is 2. The molecule has 160 valence electrons. The van der Waals surface area contributed by atoms with E-state index in [2.05, 4.69) is 9.88 Å². The Morgan fingerprint density at radius 1 is 1.13 bits per heavy atom. The summed E-state index contributed by atoms with van der Waals surface area (Å²) in [4.78, 5) is 28.2. The van der Waals surface area contributed by atoms with Gasteiger partial charge in [-0.1, -0.05) is 12.1 Å². The van der Waals surface area contributed by atoms with Gasteiger partial charge in [0.1, 0.15) is 5.82 Å². The molecule has 3 heterocycles. The van der Waals surface area contributed by atoms with Gasteiger partial charge < -0.3 is 9.80 Å². The second-order valence-corrected chi connectivity index (χ2v) is 8.53. The van der Waals surface area contributed by atoms with Crippen molar-refractivity contribution in [2.24, 2.45) is 0 Å². The summed E-state index contributed by atoms with van der Waals surface area (Å²) in [6.07, 6.45) is 6.13. The lowest BCUT2D eigenvalue weighted by Gasteiger charge is -2.34. The minimum absolute atomic E-state index is 0.215. The average Bonchev–Trinajstić information content (AvgIpc) is 3.29. The van der Waals surface area contributed by atoms with Gasteiger partial charge in [0.15, 0.2) is 0 Å². The number of halogens is 1. The fourth-order valence-corrected chi connectivity index (χ4v) is 4.44. The van der Waals surface area contributed by atoms with Gasteiger partial charge in [0.05, 0.1) is 12.2 Å². The largest absolute Gasteiger partial charge is 0.347 e. The van der Waals surface area contributed by atoms with Crippen molar-refractivity contribution in [2.45, 2.75) is 31.6 Å². The normalized spacial score (nSPS) is 19.8. The first-order chi connectivity index (χ1) is 14.5. The van der Waals surface area contributed by atoms with E-state index >= 15 is 0 Å². The zero-order chi connectivity index (χ0) is 21.1. The highest BCUT2D eigenvalue weighted by atomic mass is 19.1. The van der Waals surface area contributed by atoms with E-state index < -0.39 is 0 Å². The summed E-state index contributed by atoms with van der Waals surface area (Å²) in [6.45, 7) is 4.01. The number of carbonyl (C=O) groups is 1. The van der Waals surface area contributed by atoms with Crippen molar-refractivity contribution in [3.63, 3.8) is 0 Å². The Kier molecular flexibility index (Phi) is 6.27. The lowest BCUT2D eigenvalue weighted by atomic mass is 9.90. The van der Waals surface area contributed by atoms with E-state index in [9.17, 15) is 9.18 Å². The molecule has 0 spiro atoms. The van der Waals surface area contributed by atoms with E-state index in [-0.39, 0.29) is 17.6 Å². The molecule has 2 aliphatic heterocycles. The van der Waals surface area contributed by atoms with Crippen LogP contribution >= 0.6 is 0 Å². The predicted molar refractivity (Wildman–Crippen MR) is 116 cm³/mol. The molecule has 0 aliphatic carbocycles. The molecule has 6 nitrogen and oxygen atoms in total. The summed E-state index contributed by atoms with van der Waals surface area (Å²) in [7, 11) is 3.86. The average molecular weight is 412 g/mol. The highest BCUT2D eigenvalue weighted by molar-refractivity contribution is 5.78. The maximum absolute atomic E-state index is 13.4. The van der Waals surface area contributed by atoms with Gasteiger partial charge in [0.2, 0.25) is 11.9 Å². The van der Waals surface area contributed by atoms with Gasteiger partial charge in [-0.25, -0.2) is 14.4 Å². The molecule has 1 amide bonds. The van der Waals surface area contributed by atoms with Crippen LogP contribution in [-0.4, -0.2) is 72.5 Å². The Morgan fingerprint density at radius 2 is 1.87 bits per heavy atom. The van der Waals surface area contributed by atoms with Crippen LogP contribution in [0.15, 0.2) is 30.5 Å². The molecule has 7 heteroatoms. The number of benzene rings is 1. The summed E-state index contributed by atoms with van der Waals surface area (Å²) in [5.41, 5.74) is 2.85. The molecule has 0 N–H and O–H groups in total. The van der Waals surface area contributed by atoms with Gasteiger partial charge in [-0.15, -0.1) is 0 Å². The first-order valence-corrected chi connectivity index (χ1v) is 10.8. The van der Waals surface area contributed by atoms with Gasteiger partial charge in [-0.05, 0) is 49.9 Å². The van der Waals surface area contributed by atoms with Crippen molar-refractivity contribution in [1.82, 2.24) is 19.8 Å². The van der Waals surface area contributed by atoms with Crippen molar-refractivity contribution in [3.05, 3.63) is 42.0 Å². The number of carbonyl (C=O) groups excluding carboxylic acids is 1. The number of likely N-dealkylation sites (tertiary alicyclic amines) is 2. The van der Waals surface area contributed by atoms with Crippen molar-refractivity contribution in [2.75, 3.05) is 51.7 Å². The number of amides is 1. The maximum atomic E-state index is 13.4. The number of anilines is 1. The molecule has 1 atom stereocenters. The van der Waals surface area contributed by atoms with E-state index in [4.69, 9.17) is 4.98 Å². The van der Waals surface area contributed by atoms with Crippen LogP contribution in [0.1, 0.15) is 37.3 Å². The van der Waals surface area contributed by atoms with Crippen LogP contribution in [0, 0.1) is 5.82 Å². The summed E-state index contributed by atoms with van der Waals surface area (Å²) in [5.74, 6) is 0.868. The van der Waals surface area contributed by atoms with Crippen LogP contribution in [0.5, 0.6) is 0 Å². The van der Waals surface area contributed by atoms with Crippen molar-refractivity contribution >= 4 is 11.9 Å². The summed E-state index contributed by atoms with van der Waals surface area (Å²) in [5, 5.41) is 0. The van der Waals surface area contributed by atoms with Gasteiger partial charge in [0.25, 0.3) is 0 Å². The number of nitrogens with zero attached hydrogens (tertiary/aromatic N) is 5. The number of hydrogen-bond donors (Lipinski definition) is 0. The molecule has 0 bridgehead atoms. The number of rotatable bonds is 5. The Labute approximate surface area is 177 Å². The van der Waals surface area contributed by atoms with Crippen LogP contribution in [0.4, 0.5) is 10.3 Å². The molecule has 30 heavy (non-hydrogen) atoms. The Balaban J connectivity index is 1.58. The molecule has 1 aromatic carbocycles. The van der Waals surface area contributed by atoms with Crippen LogP contribution in [0.3, 0.4) is 0 Å². The predicted octanol–water partition coefficient (Wildman–Crippen LogP) is 3.15. The van der Waals surface area contributed by atoms with E-state index in [0.29, 0.717) is 12.5 Å². The molecule has 2 saturated heterocycles. The molecule has 1 aromatic heterocycles. The first kappa shape index (κ1) is 20.7. The lowest BCUT2D eigenvalue weighted by Crippen LogP contribution is -2.43. The Bertz CT molecular complexity index is 880. The lowest BCUT2D eigenvalue weighted by molar-refractivity contribution is -0.131. The van der Waals surface area contributed by atoms with Crippen LogP contribution in [0.25, 0.3) is 11.1 Å². The van der Waals surface area contributed by atoms with E-state index in [1.165, 1.54) is 12.1 Å². The molecule has 2 aromatic rings. The minimum atomic E-state index is -0.254. The van der Waals surface area contributed by atoms with Gasteiger partial charge in [0, 0.05) is 51.4 Å². The topological polar surface area (TPSA) is 52.6 Å². The zero-order valence-corrected chi connectivity index (χ0v) is 17.9. The third-order valence-electron chi connectivity index (χ3n) is 6.07. The summed E-state index contributed by atoms with van der Waals surface area (Å²) >= 11 is 0. The van der Waals surface area contributed by atoms with E-state index in [1.807, 2.05) is 30.1 Å². The monoisotopic (exact) mass is 411 g/mol. The molecule has 0 unspecified atom stereocenters. The molecule has 0 radical (unpaired) electrons. The molecule has 2 aliphatic rings. The molecule has 0 saturated carbocycles.